The van der Waals surface area contributed by atoms with Crippen LogP contribution >= 0.6 is 11.3 Å². The van der Waals surface area contributed by atoms with Crippen LogP contribution < -0.4 is 4.74 Å². The number of rotatable bonds is 6. The number of benzene rings is 2. The Morgan fingerprint density at radius 1 is 1.11 bits per heavy atom. The molecule has 134 valence electrons. The van der Waals surface area contributed by atoms with E-state index in [1.807, 2.05) is 41.8 Å². The van der Waals surface area contributed by atoms with E-state index in [1.165, 1.54) is 12.1 Å². The molecule has 0 atom stereocenters. The third-order valence-electron chi connectivity index (χ3n) is 3.79. The summed E-state index contributed by atoms with van der Waals surface area (Å²) in [5.41, 5.74) is 1.75. The number of hydrogen-bond donors (Lipinski definition) is 0. The van der Waals surface area contributed by atoms with E-state index >= 15 is 0 Å². The van der Waals surface area contributed by atoms with Gasteiger partial charge in [-0.2, -0.15) is 4.98 Å². The molecule has 2 aromatic carbocycles. The molecule has 0 N–H and O–H groups in total. The number of nitro benzene ring substituents is 1. The average molecular weight is 379 g/mol. The summed E-state index contributed by atoms with van der Waals surface area (Å²) in [6.07, 6.45) is 0. The second-order valence-corrected chi connectivity index (χ2v) is 6.59. The van der Waals surface area contributed by atoms with Crippen molar-refractivity contribution in [3.8, 4) is 27.9 Å². The molecule has 0 aliphatic carbocycles. The van der Waals surface area contributed by atoms with Gasteiger partial charge in [-0.05, 0) is 41.3 Å². The van der Waals surface area contributed by atoms with Crippen LogP contribution in [0.1, 0.15) is 5.56 Å². The van der Waals surface area contributed by atoms with Crippen LogP contribution in [0.2, 0.25) is 0 Å². The van der Waals surface area contributed by atoms with Gasteiger partial charge in [-0.25, -0.2) is 0 Å². The summed E-state index contributed by atoms with van der Waals surface area (Å²) in [5, 5.41) is 16.7. The molecule has 2 heterocycles. The molecule has 0 spiro atoms. The molecule has 0 saturated heterocycles. The zero-order chi connectivity index (χ0) is 18.6. The Bertz CT molecular complexity index is 1060. The molecule has 4 aromatic rings. The summed E-state index contributed by atoms with van der Waals surface area (Å²) in [7, 11) is 0. The first-order valence-electron chi connectivity index (χ1n) is 8.03. The highest BCUT2D eigenvalue weighted by Gasteiger charge is 2.12. The van der Waals surface area contributed by atoms with Crippen LogP contribution in [0.25, 0.3) is 22.2 Å². The fourth-order valence-electron chi connectivity index (χ4n) is 2.47. The molecule has 0 radical (unpaired) electrons. The van der Waals surface area contributed by atoms with Gasteiger partial charge in [-0.3, -0.25) is 10.1 Å². The van der Waals surface area contributed by atoms with Gasteiger partial charge in [0.05, 0.1) is 9.80 Å². The predicted molar refractivity (Wildman–Crippen MR) is 100 cm³/mol. The Labute approximate surface area is 158 Å². The van der Waals surface area contributed by atoms with E-state index < -0.39 is 4.92 Å². The fourth-order valence-corrected chi connectivity index (χ4v) is 3.12. The van der Waals surface area contributed by atoms with Crippen LogP contribution in [-0.4, -0.2) is 15.1 Å². The largest absolute Gasteiger partial charge is 0.489 e. The monoisotopic (exact) mass is 379 g/mol. The molecular weight excluding hydrogens is 366 g/mol. The van der Waals surface area contributed by atoms with E-state index in [2.05, 4.69) is 10.1 Å². The fraction of sp³-hybridized carbons (Fsp3) is 0.0526. The standard InChI is InChI=1S/C19H13N3O4S/c23-22(24)15-6-8-16(9-7-15)25-12-13-3-1-4-14(11-13)19-20-18(21-26-19)17-5-2-10-27-17/h1-11H,12H2. The number of aromatic nitrogens is 2. The summed E-state index contributed by atoms with van der Waals surface area (Å²) < 4.78 is 11.1. The second kappa shape index (κ2) is 7.38. The highest BCUT2D eigenvalue weighted by molar-refractivity contribution is 7.13. The molecule has 0 unspecified atom stereocenters. The first-order valence-corrected chi connectivity index (χ1v) is 8.91. The van der Waals surface area contributed by atoms with Gasteiger partial charge < -0.3 is 9.26 Å². The molecule has 0 aliphatic heterocycles. The van der Waals surface area contributed by atoms with Gasteiger partial charge in [-0.15, -0.1) is 11.3 Å². The van der Waals surface area contributed by atoms with Crippen LogP contribution in [0.5, 0.6) is 5.75 Å². The zero-order valence-electron chi connectivity index (χ0n) is 13.9. The lowest BCUT2D eigenvalue weighted by Crippen LogP contribution is -1.96. The number of non-ortho nitro benzene ring substituents is 1. The second-order valence-electron chi connectivity index (χ2n) is 5.64. The number of hydrogen-bond acceptors (Lipinski definition) is 7. The van der Waals surface area contributed by atoms with Crippen molar-refractivity contribution in [1.29, 1.82) is 0 Å². The first kappa shape index (κ1) is 16.9. The summed E-state index contributed by atoms with van der Waals surface area (Å²) in [6, 6.07) is 17.5. The van der Waals surface area contributed by atoms with Crippen molar-refractivity contribution < 1.29 is 14.2 Å². The Morgan fingerprint density at radius 3 is 2.70 bits per heavy atom. The predicted octanol–water partition coefficient (Wildman–Crippen LogP) is 4.95. The van der Waals surface area contributed by atoms with E-state index in [0.29, 0.717) is 24.1 Å². The lowest BCUT2D eigenvalue weighted by Gasteiger charge is -2.06. The molecule has 0 saturated carbocycles. The van der Waals surface area contributed by atoms with Gasteiger partial charge in [0.2, 0.25) is 5.82 Å². The van der Waals surface area contributed by atoms with Crippen molar-refractivity contribution in [2.24, 2.45) is 0 Å². The molecule has 2 aromatic heterocycles. The van der Waals surface area contributed by atoms with E-state index in [1.54, 1.807) is 23.5 Å². The molecule has 0 amide bonds. The molecule has 0 bridgehead atoms. The third-order valence-corrected chi connectivity index (χ3v) is 4.66. The van der Waals surface area contributed by atoms with E-state index in [-0.39, 0.29) is 5.69 Å². The number of thiophene rings is 1. The minimum atomic E-state index is -0.442. The average Bonchev–Trinajstić information content (AvgIpc) is 3.38. The van der Waals surface area contributed by atoms with E-state index in [4.69, 9.17) is 9.26 Å². The molecule has 8 heteroatoms. The zero-order valence-corrected chi connectivity index (χ0v) is 14.8. The Balaban J connectivity index is 1.47. The maximum atomic E-state index is 10.7. The summed E-state index contributed by atoms with van der Waals surface area (Å²) in [6.45, 7) is 0.317. The molecule has 7 nitrogen and oxygen atoms in total. The summed E-state index contributed by atoms with van der Waals surface area (Å²) in [5.74, 6) is 1.56. The van der Waals surface area contributed by atoms with E-state index in [0.717, 1.165) is 16.0 Å². The quantitative estimate of drug-likeness (QED) is 0.348. The minimum Gasteiger partial charge on any atom is -0.489 e. The Morgan fingerprint density at radius 2 is 1.96 bits per heavy atom. The van der Waals surface area contributed by atoms with Crippen LogP contribution in [-0.2, 0) is 6.61 Å². The lowest BCUT2D eigenvalue weighted by molar-refractivity contribution is -0.384. The molecule has 27 heavy (non-hydrogen) atoms. The van der Waals surface area contributed by atoms with Crippen molar-refractivity contribution in [2.45, 2.75) is 6.61 Å². The van der Waals surface area contributed by atoms with Gasteiger partial charge in [0, 0.05) is 17.7 Å². The highest BCUT2D eigenvalue weighted by Crippen LogP contribution is 2.26. The topological polar surface area (TPSA) is 91.3 Å². The van der Waals surface area contributed by atoms with Gasteiger partial charge in [0.1, 0.15) is 12.4 Å². The van der Waals surface area contributed by atoms with Gasteiger partial charge in [0.25, 0.3) is 11.6 Å². The summed E-state index contributed by atoms with van der Waals surface area (Å²) in [4.78, 5) is 15.6. The van der Waals surface area contributed by atoms with Crippen molar-refractivity contribution in [1.82, 2.24) is 10.1 Å². The molecule has 4 rings (SSSR count). The summed E-state index contributed by atoms with van der Waals surface area (Å²) >= 11 is 1.55. The maximum Gasteiger partial charge on any atom is 0.269 e. The van der Waals surface area contributed by atoms with Crippen molar-refractivity contribution in [3.63, 3.8) is 0 Å². The van der Waals surface area contributed by atoms with Crippen LogP contribution in [0.4, 0.5) is 5.69 Å². The highest BCUT2D eigenvalue weighted by atomic mass is 32.1. The SMILES string of the molecule is O=[N+]([O-])c1ccc(OCc2cccc(-c3nc(-c4cccs4)no3)c2)cc1. The van der Waals surface area contributed by atoms with Crippen LogP contribution in [0.15, 0.2) is 70.6 Å². The van der Waals surface area contributed by atoms with Crippen molar-refractivity contribution >= 4 is 17.0 Å². The van der Waals surface area contributed by atoms with Crippen LogP contribution in [0, 0.1) is 10.1 Å². The maximum absolute atomic E-state index is 10.7. The number of ether oxygens (including phenoxy) is 1. The number of nitrogens with zero attached hydrogens (tertiary/aromatic N) is 3. The Hall–Kier alpha value is -3.52. The molecular formula is C19H13N3O4S. The molecule has 0 fully saturated rings. The van der Waals surface area contributed by atoms with Gasteiger partial charge in [0.15, 0.2) is 0 Å². The van der Waals surface area contributed by atoms with Crippen molar-refractivity contribution in [3.05, 3.63) is 81.7 Å². The van der Waals surface area contributed by atoms with Crippen molar-refractivity contribution in [2.75, 3.05) is 0 Å². The van der Waals surface area contributed by atoms with Crippen LogP contribution in [0.3, 0.4) is 0 Å². The first-order chi connectivity index (χ1) is 13.2. The normalized spacial score (nSPS) is 10.7. The lowest BCUT2D eigenvalue weighted by atomic mass is 10.1. The van der Waals surface area contributed by atoms with Gasteiger partial charge in [-0.1, -0.05) is 23.4 Å². The third kappa shape index (κ3) is 3.85. The van der Waals surface area contributed by atoms with E-state index in [9.17, 15) is 10.1 Å². The minimum absolute atomic E-state index is 0.0299. The van der Waals surface area contributed by atoms with Gasteiger partial charge >= 0.3 is 0 Å². The Kier molecular flexibility index (Phi) is 4.63. The molecule has 0 aliphatic rings. The number of nitro groups is 1. The smallest absolute Gasteiger partial charge is 0.269 e.